The summed E-state index contributed by atoms with van der Waals surface area (Å²) in [5.41, 5.74) is 1.51. The quantitative estimate of drug-likeness (QED) is 0.624. The number of nitrogens with zero attached hydrogens (tertiary/aromatic N) is 2. The third-order valence-electron chi connectivity index (χ3n) is 6.72. The maximum Gasteiger partial charge on any atom is 0.251 e. The van der Waals surface area contributed by atoms with E-state index in [2.05, 4.69) is 17.3 Å². The summed E-state index contributed by atoms with van der Waals surface area (Å²) in [7, 11) is 0. The van der Waals surface area contributed by atoms with Gasteiger partial charge in [0.25, 0.3) is 5.91 Å². The molecule has 1 aromatic heterocycles. The first-order chi connectivity index (χ1) is 14.0. The molecule has 2 aliphatic rings. The molecule has 6 heteroatoms. The SMILES string of the molecule is CCC(NC(=O)c1ccc(Cl)cc1)C1[C@H]2CC(n3ncc4ccc(F)cc43)C[C@@H]12. The zero-order valence-corrected chi connectivity index (χ0v) is 16.9. The van der Waals surface area contributed by atoms with Crippen molar-refractivity contribution in [3.8, 4) is 0 Å². The highest BCUT2D eigenvalue weighted by Gasteiger charge is 2.59. The summed E-state index contributed by atoms with van der Waals surface area (Å²) in [6.07, 6.45) is 4.81. The predicted molar refractivity (Wildman–Crippen MR) is 111 cm³/mol. The molecule has 150 valence electrons. The van der Waals surface area contributed by atoms with E-state index in [-0.39, 0.29) is 17.8 Å². The number of aromatic nitrogens is 2. The smallest absolute Gasteiger partial charge is 0.251 e. The molecule has 5 rings (SSSR count). The number of fused-ring (bicyclic) bond motifs is 2. The average molecular weight is 412 g/mol. The largest absolute Gasteiger partial charge is 0.349 e. The van der Waals surface area contributed by atoms with Crippen LogP contribution in [-0.4, -0.2) is 21.7 Å². The van der Waals surface area contributed by atoms with Crippen LogP contribution in [0.5, 0.6) is 0 Å². The third kappa shape index (κ3) is 3.31. The number of nitrogens with one attached hydrogen (secondary N) is 1. The molecule has 29 heavy (non-hydrogen) atoms. The molecule has 0 spiro atoms. The third-order valence-corrected chi connectivity index (χ3v) is 6.97. The Morgan fingerprint density at radius 1 is 1.24 bits per heavy atom. The number of rotatable bonds is 5. The molecule has 1 amide bonds. The summed E-state index contributed by atoms with van der Waals surface area (Å²) < 4.78 is 15.7. The van der Waals surface area contributed by atoms with Gasteiger partial charge in [-0.25, -0.2) is 4.39 Å². The minimum absolute atomic E-state index is 0.0383. The molecule has 2 saturated carbocycles. The maximum atomic E-state index is 13.7. The molecular formula is C23H23ClFN3O. The topological polar surface area (TPSA) is 46.9 Å². The molecule has 0 bridgehead atoms. The van der Waals surface area contributed by atoms with Gasteiger partial charge in [-0.05, 0) is 79.5 Å². The van der Waals surface area contributed by atoms with Gasteiger partial charge in [-0.3, -0.25) is 9.48 Å². The van der Waals surface area contributed by atoms with Gasteiger partial charge < -0.3 is 5.32 Å². The number of benzene rings is 2. The van der Waals surface area contributed by atoms with Crippen molar-refractivity contribution in [3.05, 3.63) is 65.1 Å². The fraction of sp³-hybridized carbons (Fsp3) is 0.391. The Morgan fingerprint density at radius 2 is 1.97 bits per heavy atom. The van der Waals surface area contributed by atoms with E-state index in [1.54, 1.807) is 36.4 Å². The van der Waals surface area contributed by atoms with Crippen LogP contribution in [0.3, 0.4) is 0 Å². The minimum Gasteiger partial charge on any atom is -0.349 e. The van der Waals surface area contributed by atoms with Gasteiger partial charge in [0.05, 0.1) is 17.8 Å². The summed E-state index contributed by atoms with van der Waals surface area (Å²) in [5.74, 6) is 1.46. The maximum absolute atomic E-state index is 13.7. The molecule has 2 aliphatic carbocycles. The number of carbonyl (C=O) groups is 1. The lowest BCUT2D eigenvalue weighted by Crippen LogP contribution is -2.37. The van der Waals surface area contributed by atoms with E-state index < -0.39 is 0 Å². The Labute approximate surface area is 174 Å². The van der Waals surface area contributed by atoms with Gasteiger partial charge in [-0.1, -0.05) is 18.5 Å². The highest BCUT2D eigenvalue weighted by atomic mass is 35.5. The highest BCUT2D eigenvalue weighted by Crippen LogP contribution is 2.62. The van der Waals surface area contributed by atoms with Crippen LogP contribution < -0.4 is 5.32 Å². The molecule has 0 saturated heterocycles. The highest BCUT2D eigenvalue weighted by molar-refractivity contribution is 6.30. The molecule has 4 nitrogen and oxygen atoms in total. The fourth-order valence-corrected chi connectivity index (χ4v) is 5.41. The molecule has 0 aliphatic heterocycles. The molecule has 1 heterocycles. The van der Waals surface area contributed by atoms with Gasteiger partial charge in [0.15, 0.2) is 0 Å². The zero-order chi connectivity index (χ0) is 20.1. The standard InChI is InChI=1S/C23H23ClFN3O/c1-2-20(27-23(29)13-3-6-15(24)7-4-13)22-18-10-17(11-19(18)22)28-21-9-16(25)8-5-14(21)12-26-28/h3-9,12,17-20,22H,2,10-11H2,1H3,(H,27,29)/t17?,18-,19+,20?,22?. The van der Waals surface area contributed by atoms with Crippen molar-refractivity contribution in [3.63, 3.8) is 0 Å². The van der Waals surface area contributed by atoms with E-state index in [0.717, 1.165) is 30.2 Å². The van der Waals surface area contributed by atoms with Crippen LogP contribution in [0.4, 0.5) is 4.39 Å². The van der Waals surface area contributed by atoms with Gasteiger partial charge >= 0.3 is 0 Å². The molecule has 1 N–H and O–H groups in total. The first kappa shape index (κ1) is 18.6. The van der Waals surface area contributed by atoms with Crippen LogP contribution in [0.25, 0.3) is 10.9 Å². The lowest BCUT2D eigenvalue weighted by Gasteiger charge is -2.22. The number of halogens is 2. The zero-order valence-electron chi connectivity index (χ0n) is 16.2. The lowest BCUT2D eigenvalue weighted by atomic mass is 9.99. The van der Waals surface area contributed by atoms with Crippen molar-refractivity contribution in [2.24, 2.45) is 17.8 Å². The molecule has 3 unspecified atom stereocenters. The Kier molecular flexibility index (Phi) is 4.58. The Balaban J connectivity index is 1.25. The molecule has 3 aromatic rings. The summed E-state index contributed by atoms with van der Waals surface area (Å²) in [6.45, 7) is 2.13. The van der Waals surface area contributed by atoms with Gasteiger partial charge in [0, 0.05) is 22.0 Å². The van der Waals surface area contributed by atoms with Crippen molar-refractivity contribution < 1.29 is 9.18 Å². The van der Waals surface area contributed by atoms with Crippen molar-refractivity contribution >= 4 is 28.4 Å². The van der Waals surface area contributed by atoms with Crippen LogP contribution in [0, 0.1) is 23.6 Å². The summed E-state index contributed by atoms with van der Waals surface area (Å²) in [5, 5.41) is 9.36. The number of amides is 1. The van der Waals surface area contributed by atoms with E-state index in [0.29, 0.717) is 34.4 Å². The van der Waals surface area contributed by atoms with Crippen LogP contribution in [0.2, 0.25) is 5.02 Å². The Morgan fingerprint density at radius 3 is 2.66 bits per heavy atom. The van der Waals surface area contributed by atoms with Gasteiger partial charge in [0.2, 0.25) is 0 Å². The summed E-state index contributed by atoms with van der Waals surface area (Å²) in [6, 6.07) is 12.3. The number of hydrogen-bond acceptors (Lipinski definition) is 2. The number of hydrogen-bond donors (Lipinski definition) is 1. The van der Waals surface area contributed by atoms with E-state index in [1.807, 2.05) is 10.9 Å². The molecule has 2 fully saturated rings. The van der Waals surface area contributed by atoms with E-state index in [4.69, 9.17) is 11.6 Å². The monoisotopic (exact) mass is 411 g/mol. The van der Waals surface area contributed by atoms with Crippen molar-refractivity contribution in [1.82, 2.24) is 15.1 Å². The average Bonchev–Trinajstić information content (AvgIpc) is 3.06. The fourth-order valence-electron chi connectivity index (χ4n) is 5.28. The van der Waals surface area contributed by atoms with E-state index >= 15 is 0 Å². The normalized spacial score (nSPS) is 26.3. The Hall–Kier alpha value is -2.40. The summed E-state index contributed by atoms with van der Waals surface area (Å²) >= 11 is 5.92. The minimum atomic E-state index is -0.226. The van der Waals surface area contributed by atoms with Crippen molar-refractivity contribution in [2.75, 3.05) is 0 Å². The van der Waals surface area contributed by atoms with Crippen LogP contribution >= 0.6 is 11.6 Å². The second-order valence-corrected chi connectivity index (χ2v) is 8.75. The predicted octanol–water partition coefficient (Wildman–Crippen LogP) is 5.23. The molecular weight excluding hydrogens is 389 g/mol. The molecule has 5 atom stereocenters. The first-order valence-corrected chi connectivity index (χ1v) is 10.6. The van der Waals surface area contributed by atoms with Gasteiger partial charge in [-0.15, -0.1) is 0 Å². The van der Waals surface area contributed by atoms with Gasteiger partial charge in [-0.2, -0.15) is 5.10 Å². The first-order valence-electron chi connectivity index (χ1n) is 10.2. The van der Waals surface area contributed by atoms with E-state index in [9.17, 15) is 9.18 Å². The molecule has 0 radical (unpaired) electrons. The van der Waals surface area contributed by atoms with Crippen molar-refractivity contribution in [2.45, 2.75) is 38.3 Å². The summed E-state index contributed by atoms with van der Waals surface area (Å²) in [4.78, 5) is 12.6. The molecule has 2 aromatic carbocycles. The van der Waals surface area contributed by atoms with E-state index in [1.165, 1.54) is 6.07 Å². The van der Waals surface area contributed by atoms with Crippen molar-refractivity contribution in [1.29, 1.82) is 0 Å². The Bertz CT molecular complexity index is 1050. The van der Waals surface area contributed by atoms with Crippen LogP contribution in [-0.2, 0) is 0 Å². The van der Waals surface area contributed by atoms with Crippen LogP contribution in [0.1, 0.15) is 42.6 Å². The lowest BCUT2D eigenvalue weighted by molar-refractivity contribution is 0.0927. The second-order valence-electron chi connectivity index (χ2n) is 8.32. The van der Waals surface area contributed by atoms with Gasteiger partial charge in [0.1, 0.15) is 5.82 Å². The number of carbonyl (C=O) groups excluding carboxylic acids is 1. The second kappa shape index (κ2) is 7.13. The van der Waals surface area contributed by atoms with Crippen LogP contribution in [0.15, 0.2) is 48.7 Å².